The Kier molecular flexibility index (Phi) is 9.48. The molecule has 0 aromatic heterocycles. The summed E-state index contributed by atoms with van der Waals surface area (Å²) in [7, 11) is 2.21. The smallest absolute Gasteiger partial charge is 0.0593 e. The second-order valence-electron chi connectivity index (χ2n) is 6.48. The summed E-state index contributed by atoms with van der Waals surface area (Å²) in [5, 5.41) is 3.50. The molecule has 3 nitrogen and oxygen atoms in total. The van der Waals surface area contributed by atoms with Crippen LogP contribution in [0.2, 0.25) is 0 Å². The minimum atomic E-state index is 0.766. The summed E-state index contributed by atoms with van der Waals surface area (Å²) in [6, 6.07) is 0. The number of likely N-dealkylation sites (N-methyl/N-ethyl adjacent to an activating group) is 1. The first kappa shape index (κ1) is 16.9. The van der Waals surface area contributed by atoms with Gasteiger partial charge in [0.25, 0.3) is 0 Å². The molecule has 1 N–H and O–H groups in total. The van der Waals surface area contributed by atoms with Crippen molar-refractivity contribution in [3.05, 3.63) is 0 Å². The molecule has 0 aliphatic heterocycles. The number of ether oxygens (including phenoxy) is 1. The van der Waals surface area contributed by atoms with E-state index in [0.717, 1.165) is 38.1 Å². The van der Waals surface area contributed by atoms with Crippen molar-refractivity contribution in [2.24, 2.45) is 11.8 Å². The summed E-state index contributed by atoms with van der Waals surface area (Å²) in [5.41, 5.74) is 0. The van der Waals surface area contributed by atoms with Crippen LogP contribution in [0.3, 0.4) is 0 Å². The minimum Gasteiger partial charge on any atom is -0.380 e. The average molecular weight is 270 g/mol. The van der Waals surface area contributed by atoms with Gasteiger partial charge in [0.2, 0.25) is 0 Å². The maximum Gasteiger partial charge on any atom is 0.0593 e. The molecule has 0 bridgehead atoms. The first-order chi connectivity index (χ1) is 9.18. The fourth-order valence-electron chi connectivity index (χ4n) is 2.07. The lowest BCUT2D eigenvalue weighted by Crippen LogP contribution is -2.25. The lowest BCUT2D eigenvalue weighted by molar-refractivity contribution is 0.103. The largest absolute Gasteiger partial charge is 0.380 e. The van der Waals surface area contributed by atoms with E-state index in [9.17, 15) is 0 Å². The van der Waals surface area contributed by atoms with Crippen molar-refractivity contribution >= 4 is 0 Å². The van der Waals surface area contributed by atoms with Crippen molar-refractivity contribution in [3.8, 4) is 0 Å². The van der Waals surface area contributed by atoms with Crippen LogP contribution in [0.1, 0.15) is 46.0 Å². The molecule has 0 amide bonds. The zero-order valence-electron chi connectivity index (χ0n) is 13.3. The molecule has 19 heavy (non-hydrogen) atoms. The Bertz CT molecular complexity index is 205. The van der Waals surface area contributed by atoms with Crippen LogP contribution in [0.5, 0.6) is 0 Å². The Balaban J connectivity index is 1.74. The van der Waals surface area contributed by atoms with Gasteiger partial charge in [-0.3, -0.25) is 0 Å². The fraction of sp³-hybridized carbons (Fsp3) is 1.00. The maximum absolute atomic E-state index is 5.66. The van der Waals surface area contributed by atoms with Gasteiger partial charge in [-0.2, -0.15) is 0 Å². The number of nitrogens with zero attached hydrogens (tertiary/aromatic N) is 1. The second kappa shape index (κ2) is 10.6. The van der Waals surface area contributed by atoms with Gasteiger partial charge in [0.1, 0.15) is 0 Å². The van der Waals surface area contributed by atoms with Crippen LogP contribution >= 0.6 is 0 Å². The van der Waals surface area contributed by atoms with Crippen LogP contribution in [0.4, 0.5) is 0 Å². The normalized spacial score (nSPS) is 15.6. The Morgan fingerprint density at radius 3 is 2.63 bits per heavy atom. The molecule has 1 fully saturated rings. The van der Waals surface area contributed by atoms with E-state index >= 15 is 0 Å². The van der Waals surface area contributed by atoms with Crippen LogP contribution in [-0.4, -0.2) is 51.3 Å². The Hall–Kier alpha value is -0.120. The third-order valence-electron chi connectivity index (χ3n) is 3.61. The van der Waals surface area contributed by atoms with E-state index in [-0.39, 0.29) is 0 Å². The highest BCUT2D eigenvalue weighted by atomic mass is 16.5. The predicted octanol–water partition coefficient (Wildman–Crippen LogP) is 2.76. The van der Waals surface area contributed by atoms with Crippen molar-refractivity contribution in [2.45, 2.75) is 46.0 Å². The molecule has 1 aliphatic carbocycles. The molecule has 0 aromatic rings. The van der Waals surface area contributed by atoms with Gasteiger partial charge in [-0.25, -0.2) is 0 Å². The average Bonchev–Trinajstić information content (AvgIpc) is 3.17. The molecular formula is C16H34N2O. The summed E-state index contributed by atoms with van der Waals surface area (Å²) in [5.74, 6) is 1.66. The maximum atomic E-state index is 5.66. The lowest BCUT2D eigenvalue weighted by atomic mass is 10.2. The van der Waals surface area contributed by atoms with Crippen molar-refractivity contribution in [1.29, 1.82) is 0 Å². The number of rotatable bonds is 13. The van der Waals surface area contributed by atoms with Gasteiger partial charge < -0.3 is 15.0 Å². The van der Waals surface area contributed by atoms with Gasteiger partial charge in [-0.05, 0) is 64.2 Å². The van der Waals surface area contributed by atoms with E-state index in [1.165, 1.54) is 45.2 Å². The van der Waals surface area contributed by atoms with Crippen molar-refractivity contribution in [2.75, 3.05) is 46.4 Å². The van der Waals surface area contributed by atoms with Gasteiger partial charge >= 0.3 is 0 Å². The van der Waals surface area contributed by atoms with Gasteiger partial charge in [0, 0.05) is 13.2 Å². The zero-order chi connectivity index (χ0) is 13.9. The van der Waals surface area contributed by atoms with Crippen LogP contribution < -0.4 is 5.32 Å². The SMILES string of the molecule is CC(C)CNCCCCCN(C)CCOCC1CC1. The third kappa shape index (κ3) is 11.4. The van der Waals surface area contributed by atoms with E-state index in [0.29, 0.717) is 0 Å². The standard InChI is InChI=1S/C16H34N2O/c1-15(2)13-17-9-5-4-6-10-18(3)11-12-19-14-16-7-8-16/h15-17H,4-14H2,1-3H3. The molecule has 1 saturated carbocycles. The topological polar surface area (TPSA) is 24.5 Å². The molecule has 1 rings (SSSR count). The Morgan fingerprint density at radius 1 is 1.16 bits per heavy atom. The highest BCUT2D eigenvalue weighted by Crippen LogP contribution is 2.28. The molecule has 1 aliphatic rings. The molecule has 0 atom stereocenters. The van der Waals surface area contributed by atoms with Gasteiger partial charge in [0.05, 0.1) is 6.61 Å². The molecule has 114 valence electrons. The monoisotopic (exact) mass is 270 g/mol. The molecule has 0 unspecified atom stereocenters. The van der Waals surface area contributed by atoms with E-state index in [1.807, 2.05) is 0 Å². The highest BCUT2D eigenvalue weighted by molar-refractivity contribution is 4.71. The number of hydrogen-bond donors (Lipinski definition) is 1. The molecule has 0 radical (unpaired) electrons. The third-order valence-corrected chi connectivity index (χ3v) is 3.61. The summed E-state index contributed by atoms with van der Waals surface area (Å²) in [6.07, 6.45) is 6.72. The second-order valence-corrected chi connectivity index (χ2v) is 6.48. The van der Waals surface area contributed by atoms with E-state index in [1.54, 1.807) is 0 Å². The lowest BCUT2D eigenvalue weighted by Gasteiger charge is -2.16. The zero-order valence-corrected chi connectivity index (χ0v) is 13.3. The first-order valence-corrected chi connectivity index (χ1v) is 8.15. The summed E-state index contributed by atoms with van der Waals surface area (Å²) >= 11 is 0. The molecule has 0 heterocycles. The number of unbranched alkanes of at least 4 members (excludes halogenated alkanes) is 2. The molecular weight excluding hydrogens is 236 g/mol. The van der Waals surface area contributed by atoms with Gasteiger partial charge in [-0.1, -0.05) is 20.3 Å². The van der Waals surface area contributed by atoms with Crippen molar-refractivity contribution < 1.29 is 4.74 Å². The first-order valence-electron chi connectivity index (χ1n) is 8.15. The van der Waals surface area contributed by atoms with Gasteiger partial charge in [0.15, 0.2) is 0 Å². The molecule has 0 spiro atoms. The fourth-order valence-corrected chi connectivity index (χ4v) is 2.07. The molecule has 3 heteroatoms. The summed E-state index contributed by atoms with van der Waals surface area (Å²) in [6.45, 7) is 11.0. The van der Waals surface area contributed by atoms with Crippen molar-refractivity contribution in [1.82, 2.24) is 10.2 Å². The van der Waals surface area contributed by atoms with E-state index in [4.69, 9.17) is 4.74 Å². The molecule has 0 aromatic carbocycles. The van der Waals surface area contributed by atoms with E-state index in [2.05, 4.69) is 31.1 Å². The highest BCUT2D eigenvalue weighted by Gasteiger charge is 2.20. The van der Waals surface area contributed by atoms with Crippen LogP contribution in [0.25, 0.3) is 0 Å². The van der Waals surface area contributed by atoms with Crippen LogP contribution in [-0.2, 0) is 4.74 Å². The Morgan fingerprint density at radius 2 is 1.95 bits per heavy atom. The quantitative estimate of drug-likeness (QED) is 0.521. The minimum absolute atomic E-state index is 0.766. The molecule has 0 saturated heterocycles. The van der Waals surface area contributed by atoms with E-state index < -0.39 is 0 Å². The van der Waals surface area contributed by atoms with Gasteiger partial charge in [-0.15, -0.1) is 0 Å². The summed E-state index contributed by atoms with van der Waals surface area (Å²) in [4.78, 5) is 2.40. The van der Waals surface area contributed by atoms with Crippen LogP contribution in [0.15, 0.2) is 0 Å². The Labute approximate surface area is 120 Å². The van der Waals surface area contributed by atoms with Crippen molar-refractivity contribution in [3.63, 3.8) is 0 Å². The number of hydrogen-bond acceptors (Lipinski definition) is 3. The number of nitrogens with one attached hydrogen (secondary N) is 1. The summed E-state index contributed by atoms with van der Waals surface area (Å²) < 4.78 is 5.66. The predicted molar refractivity (Wildman–Crippen MR) is 82.6 cm³/mol. The van der Waals surface area contributed by atoms with Crippen LogP contribution in [0, 0.1) is 11.8 Å².